The van der Waals surface area contributed by atoms with Crippen molar-refractivity contribution < 1.29 is 4.84 Å². The van der Waals surface area contributed by atoms with Gasteiger partial charge >= 0.3 is 0 Å². The molecule has 0 aliphatic heterocycles. The Morgan fingerprint density at radius 1 is 1.19 bits per heavy atom. The quantitative estimate of drug-likeness (QED) is 0.538. The summed E-state index contributed by atoms with van der Waals surface area (Å²) >= 11 is 0. The Balaban J connectivity index is 1.89. The molecule has 0 saturated heterocycles. The zero-order chi connectivity index (χ0) is 15.8. The van der Waals surface area contributed by atoms with E-state index in [0.717, 1.165) is 18.9 Å². The third-order valence-electron chi connectivity index (χ3n) is 6.45. The Morgan fingerprint density at radius 3 is 2.24 bits per heavy atom. The summed E-state index contributed by atoms with van der Waals surface area (Å²) in [5.41, 5.74) is 1.95. The fourth-order valence-electron chi connectivity index (χ4n) is 4.45. The van der Waals surface area contributed by atoms with Crippen LogP contribution in [0.5, 0.6) is 0 Å². The van der Waals surface area contributed by atoms with Crippen LogP contribution in [0.1, 0.15) is 67.7 Å². The minimum atomic E-state index is 0.257. The second-order valence-electron chi connectivity index (χ2n) is 8.29. The fraction of sp³-hybridized carbons (Fsp3) is 0.944. The van der Waals surface area contributed by atoms with E-state index in [2.05, 4.69) is 58.5 Å². The van der Waals surface area contributed by atoms with Crippen molar-refractivity contribution in [3.8, 4) is 0 Å². The molecule has 21 heavy (non-hydrogen) atoms. The van der Waals surface area contributed by atoms with Crippen LogP contribution in [0.2, 0.25) is 0 Å². The lowest BCUT2D eigenvalue weighted by Gasteiger charge is -2.34. The number of oxime groups is 1. The van der Waals surface area contributed by atoms with Crippen LogP contribution in [0.15, 0.2) is 5.16 Å². The molecular weight excluding hydrogens is 260 g/mol. The molecule has 2 rings (SSSR count). The van der Waals surface area contributed by atoms with Gasteiger partial charge in [0.15, 0.2) is 0 Å². The Labute approximate surface area is 131 Å². The lowest BCUT2D eigenvalue weighted by Crippen LogP contribution is -2.39. The molecule has 3 nitrogen and oxygen atoms in total. The van der Waals surface area contributed by atoms with E-state index < -0.39 is 0 Å². The van der Waals surface area contributed by atoms with Crippen molar-refractivity contribution in [2.45, 2.75) is 79.8 Å². The summed E-state index contributed by atoms with van der Waals surface area (Å²) in [5.74, 6) is 0.799. The lowest BCUT2D eigenvalue weighted by molar-refractivity contribution is 0.0801. The highest BCUT2D eigenvalue weighted by Gasteiger charge is 2.60. The van der Waals surface area contributed by atoms with E-state index in [0.29, 0.717) is 24.1 Å². The molecule has 2 aliphatic rings. The highest BCUT2D eigenvalue weighted by atomic mass is 16.6. The van der Waals surface area contributed by atoms with Crippen molar-refractivity contribution >= 4 is 5.71 Å². The first kappa shape index (κ1) is 16.8. The van der Waals surface area contributed by atoms with E-state index >= 15 is 0 Å². The molecule has 0 spiro atoms. The molecule has 0 radical (unpaired) electrons. The van der Waals surface area contributed by atoms with Crippen molar-refractivity contribution in [3.05, 3.63) is 0 Å². The molecule has 0 aromatic rings. The highest BCUT2D eigenvalue weighted by Crippen LogP contribution is 2.63. The summed E-state index contributed by atoms with van der Waals surface area (Å²) in [4.78, 5) is 8.16. The van der Waals surface area contributed by atoms with Crippen LogP contribution in [0.4, 0.5) is 0 Å². The third-order valence-corrected chi connectivity index (χ3v) is 6.45. The maximum atomic E-state index is 5.71. The van der Waals surface area contributed by atoms with E-state index in [1.807, 2.05) is 0 Å². The van der Waals surface area contributed by atoms with Crippen molar-refractivity contribution in [1.82, 2.24) is 4.90 Å². The number of hydrogen-bond acceptors (Lipinski definition) is 3. The van der Waals surface area contributed by atoms with Gasteiger partial charge in [-0.1, -0.05) is 25.9 Å². The van der Waals surface area contributed by atoms with Crippen molar-refractivity contribution in [3.63, 3.8) is 0 Å². The van der Waals surface area contributed by atoms with E-state index in [4.69, 9.17) is 4.84 Å². The van der Waals surface area contributed by atoms with E-state index in [-0.39, 0.29) is 5.41 Å². The van der Waals surface area contributed by atoms with Gasteiger partial charge in [0.2, 0.25) is 0 Å². The van der Waals surface area contributed by atoms with Gasteiger partial charge in [0.05, 0.1) is 5.71 Å². The second-order valence-corrected chi connectivity index (χ2v) is 8.29. The predicted octanol–water partition coefficient (Wildman–Crippen LogP) is 4.32. The molecular formula is C18H34N2O. The fourth-order valence-corrected chi connectivity index (χ4v) is 4.45. The SMILES string of the molecule is CC(C)N(CCO/N=C1\C[C@H]2CC[C@]1(C)C2(C)C)C(C)C. The molecule has 122 valence electrons. The molecule has 3 heteroatoms. The van der Waals surface area contributed by atoms with Crippen molar-refractivity contribution in [2.24, 2.45) is 21.9 Å². The van der Waals surface area contributed by atoms with E-state index in [1.54, 1.807) is 0 Å². The molecule has 2 saturated carbocycles. The van der Waals surface area contributed by atoms with Crippen LogP contribution in [-0.4, -0.2) is 35.8 Å². The average molecular weight is 294 g/mol. The molecule has 2 aliphatic carbocycles. The predicted molar refractivity (Wildman–Crippen MR) is 89.6 cm³/mol. The van der Waals surface area contributed by atoms with Crippen LogP contribution in [0, 0.1) is 16.7 Å². The van der Waals surface area contributed by atoms with Crippen molar-refractivity contribution in [2.75, 3.05) is 13.2 Å². The van der Waals surface area contributed by atoms with Gasteiger partial charge < -0.3 is 4.84 Å². The van der Waals surface area contributed by atoms with Gasteiger partial charge in [0.1, 0.15) is 6.61 Å². The summed E-state index contributed by atoms with van der Waals surface area (Å²) in [5, 5.41) is 4.55. The molecule has 0 amide bonds. The Bertz CT molecular complexity index is 392. The zero-order valence-corrected chi connectivity index (χ0v) is 15.1. The Morgan fingerprint density at radius 2 is 1.81 bits per heavy atom. The van der Waals surface area contributed by atoms with Crippen LogP contribution in [0.3, 0.4) is 0 Å². The number of hydrogen-bond donors (Lipinski definition) is 0. The third kappa shape index (κ3) is 2.86. The summed E-state index contributed by atoms with van der Waals surface area (Å²) in [7, 11) is 0. The Hall–Kier alpha value is -0.570. The van der Waals surface area contributed by atoms with Gasteiger partial charge in [-0.25, -0.2) is 0 Å². The van der Waals surface area contributed by atoms with Crippen LogP contribution in [0.25, 0.3) is 0 Å². The minimum Gasteiger partial charge on any atom is -0.394 e. The molecule has 0 N–H and O–H groups in total. The average Bonchev–Trinajstić information content (AvgIpc) is 2.70. The molecule has 2 atom stereocenters. The summed E-state index contributed by atoms with van der Waals surface area (Å²) in [6.45, 7) is 17.8. The standard InChI is InChI=1S/C18H34N2O/c1-13(2)20(14(3)4)10-11-21-19-16-12-15-8-9-18(16,7)17(15,5)6/h13-15H,8-12H2,1-7H3/b19-16+/t15-,18+/m1/s1. The van der Waals surface area contributed by atoms with Gasteiger partial charge in [-0.3, -0.25) is 4.90 Å². The molecule has 0 unspecified atom stereocenters. The summed E-state index contributed by atoms with van der Waals surface area (Å²) in [6.07, 6.45) is 3.77. The van der Waals surface area contributed by atoms with E-state index in [1.165, 1.54) is 18.6 Å². The van der Waals surface area contributed by atoms with Crippen LogP contribution < -0.4 is 0 Å². The van der Waals surface area contributed by atoms with Gasteiger partial charge in [0.25, 0.3) is 0 Å². The number of fused-ring (bicyclic) bond motifs is 2. The normalized spacial score (nSPS) is 32.9. The van der Waals surface area contributed by atoms with Gasteiger partial charge in [-0.15, -0.1) is 0 Å². The first-order chi connectivity index (χ1) is 9.70. The topological polar surface area (TPSA) is 24.8 Å². The summed E-state index contributed by atoms with van der Waals surface area (Å²) in [6, 6.07) is 1.11. The molecule has 2 bridgehead atoms. The van der Waals surface area contributed by atoms with Crippen LogP contribution >= 0.6 is 0 Å². The van der Waals surface area contributed by atoms with Crippen molar-refractivity contribution in [1.29, 1.82) is 0 Å². The molecule has 2 fully saturated rings. The highest BCUT2D eigenvalue weighted by molar-refractivity contribution is 5.93. The Kier molecular flexibility index (Phi) is 4.72. The monoisotopic (exact) mass is 294 g/mol. The molecule has 0 aromatic heterocycles. The summed E-state index contributed by atoms with van der Waals surface area (Å²) < 4.78 is 0. The maximum Gasteiger partial charge on any atom is 0.129 e. The largest absolute Gasteiger partial charge is 0.394 e. The van der Waals surface area contributed by atoms with Gasteiger partial charge in [0, 0.05) is 24.0 Å². The van der Waals surface area contributed by atoms with E-state index in [9.17, 15) is 0 Å². The minimum absolute atomic E-state index is 0.257. The zero-order valence-electron chi connectivity index (χ0n) is 15.1. The number of nitrogens with zero attached hydrogens (tertiary/aromatic N) is 2. The lowest BCUT2D eigenvalue weighted by atomic mass is 9.70. The number of rotatable bonds is 6. The first-order valence-corrected chi connectivity index (χ1v) is 8.65. The molecule has 0 aromatic carbocycles. The first-order valence-electron chi connectivity index (χ1n) is 8.65. The van der Waals surface area contributed by atoms with Crippen LogP contribution in [-0.2, 0) is 4.84 Å². The molecule has 0 heterocycles. The van der Waals surface area contributed by atoms with Gasteiger partial charge in [-0.05, 0) is 58.3 Å². The second kappa shape index (κ2) is 5.91. The smallest absolute Gasteiger partial charge is 0.129 e. The maximum absolute atomic E-state index is 5.71. The van der Waals surface area contributed by atoms with Gasteiger partial charge in [-0.2, -0.15) is 0 Å².